The lowest BCUT2D eigenvalue weighted by Gasteiger charge is -2.24. The van der Waals surface area contributed by atoms with E-state index < -0.39 is 0 Å². The van der Waals surface area contributed by atoms with Crippen LogP contribution < -0.4 is 9.77 Å². The van der Waals surface area contributed by atoms with Crippen molar-refractivity contribution in [2.24, 2.45) is 0 Å². The zero-order valence-corrected chi connectivity index (χ0v) is 20.9. The molecule has 0 atom stereocenters. The van der Waals surface area contributed by atoms with Crippen molar-refractivity contribution in [3.05, 3.63) is 80.8 Å². The van der Waals surface area contributed by atoms with Crippen molar-refractivity contribution in [2.45, 2.75) is 32.7 Å². The van der Waals surface area contributed by atoms with Gasteiger partial charge in [-0.05, 0) is 34.6 Å². The third-order valence-corrected chi connectivity index (χ3v) is 7.15. The van der Waals surface area contributed by atoms with Gasteiger partial charge in [-0.15, -0.1) is 11.3 Å². The molecule has 0 aliphatic carbocycles. The number of benzene rings is 2. The molecule has 0 spiro atoms. The second-order valence-corrected chi connectivity index (χ2v) is 9.58. The molecule has 2 aromatic heterocycles. The molecule has 0 saturated heterocycles. The molecule has 2 aromatic carbocycles. The maximum atomic E-state index is 12.3. The van der Waals surface area contributed by atoms with E-state index in [1.54, 1.807) is 11.3 Å². The molecule has 0 saturated carbocycles. The number of esters is 1. The van der Waals surface area contributed by atoms with Gasteiger partial charge in [0, 0.05) is 30.2 Å². The number of H-pyrrole nitrogens is 1. The lowest BCUT2D eigenvalue weighted by molar-refractivity contribution is 0.0602. The van der Waals surface area contributed by atoms with E-state index in [9.17, 15) is 9.59 Å². The predicted octanol–water partition coefficient (Wildman–Crippen LogP) is 6.21. The van der Waals surface area contributed by atoms with Crippen LogP contribution in [0.25, 0.3) is 22.5 Å². The van der Waals surface area contributed by atoms with Crippen molar-refractivity contribution in [3.8, 4) is 22.5 Å². The van der Waals surface area contributed by atoms with Gasteiger partial charge in [-0.2, -0.15) is 4.37 Å². The molecule has 0 radical (unpaired) electrons. The summed E-state index contributed by atoms with van der Waals surface area (Å²) in [6, 6.07) is 18.2. The summed E-state index contributed by atoms with van der Waals surface area (Å²) in [7, 11) is 1.42. The van der Waals surface area contributed by atoms with E-state index in [2.05, 4.69) is 45.4 Å². The van der Waals surface area contributed by atoms with Crippen LogP contribution in [0.5, 0.6) is 0 Å². The fourth-order valence-electron chi connectivity index (χ4n) is 3.91. The number of carbonyl (C=O) groups is 1. The lowest BCUT2D eigenvalue weighted by Crippen LogP contribution is -2.24. The van der Waals surface area contributed by atoms with Crippen LogP contribution in [0.4, 0.5) is 5.00 Å². The van der Waals surface area contributed by atoms with Gasteiger partial charge in [-0.3, -0.25) is 9.78 Å². The topological polar surface area (TPSA) is 75.3 Å². The summed E-state index contributed by atoms with van der Waals surface area (Å²) in [5.74, 6) is 0.286. The van der Waals surface area contributed by atoms with Gasteiger partial charge in [0.15, 0.2) is 5.82 Å². The van der Waals surface area contributed by atoms with E-state index >= 15 is 0 Å². The first-order valence-corrected chi connectivity index (χ1v) is 12.9. The van der Waals surface area contributed by atoms with Crippen LogP contribution in [0.2, 0.25) is 0 Å². The maximum Gasteiger partial charge on any atom is 0.340 e. The van der Waals surface area contributed by atoms with Crippen molar-refractivity contribution >= 4 is 33.8 Å². The highest BCUT2D eigenvalue weighted by Crippen LogP contribution is 2.32. The Morgan fingerprint density at radius 1 is 1.06 bits per heavy atom. The van der Waals surface area contributed by atoms with E-state index in [0.717, 1.165) is 64.6 Å². The third-order valence-electron chi connectivity index (χ3n) is 5.63. The number of rotatable bonds is 10. The first-order valence-electron chi connectivity index (χ1n) is 11.3. The molecule has 0 aliphatic rings. The second kappa shape index (κ2) is 11.3. The molecule has 1 N–H and O–H groups in total. The van der Waals surface area contributed by atoms with Gasteiger partial charge in [0.1, 0.15) is 5.00 Å². The summed E-state index contributed by atoms with van der Waals surface area (Å²) in [5.41, 5.74) is 4.74. The fraction of sp³-hybridized carbons (Fsp3) is 0.269. The van der Waals surface area contributed by atoms with Gasteiger partial charge in [-0.1, -0.05) is 68.3 Å². The van der Waals surface area contributed by atoms with Gasteiger partial charge in [0.25, 0.3) is 0 Å². The first kappa shape index (κ1) is 23.9. The van der Waals surface area contributed by atoms with Crippen molar-refractivity contribution in [3.63, 3.8) is 0 Å². The van der Waals surface area contributed by atoms with Crippen molar-refractivity contribution in [1.82, 2.24) is 9.36 Å². The van der Waals surface area contributed by atoms with Crippen LogP contribution in [0.15, 0.2) is 64.8 Å². The number of nitrogens with one attached hydrogen (secondary N) is 1. The monoisotopic (exact) mass is 493 g/mol. The molecule has 0 amide bonds. The van der Waals surface area contributed by atoms with Crippen LogP contribution in [0.1, 0.15) is 42.1 Å². The predicted molar refractivity (Wildman–Crippen MR) is 140 cm³/mol. The number of unbranched alkanes of at least 4 members (excludes halogenated alkanes) is 2. The minimum absolute atomic E-state index is 0.164. The van der Waals surface area contributed by atoms with E-state index in [1.807, 2.05) is 35.7 Å². The average Bonchev–Trinajstić information content (AvgIpc) is 3.53. The first-order chi connectivity index (χ1) is 16.6. The zero-order valence-electron chi connectivity index (χ0n) is 19.2. The number of anilines is 1. The van der Waals surface area contributed by atoms with E-state index in [0.29, 0.717) is 17.9 Å². The SMILES string of the molecule is CCCCCN(Cc1ccc(-c2ccccc2-c2nsc(=O)[nH]2)cc1)c1sccc1C(=O)OC. The summed E-state index contributed by atoms with van der Waals surface area (Å²) in [5, 5.41) is 2.89. The highest BCUT2D eigenvalue weighted by molar-refractivity contribution is 7.14. The van der Waals surface area contributed by atoms with Gasteiger partial charge >= 0.3 is 10.8 Å². The molecule has 4 aromatic rings. The Kier molecular flexibility index (Phi) is 7.92. The highest BCUT2D eigenvalue weighted by atomic mass is 32.1. The number of hydrogen-bond donors (Lipinski definition) is 1. The largest absolute Gasteiger partial charge is 0.465 e. The second-order valence-electron chi connectivity index (χ2n) is 7.95. The number of aromatic amines is 1. The molecule has 4 rings (SSSR count). The quantitative estimate of drug-likeness (QED) is 0.210. The van der Waals surface area contributed by atoms with Crippen LogP contribution in [0, 0.1) is 0 Å². The van der Waals surface area contributed by atoms with Gasteiger partial charge in [0.05, 0.1) is 12.7 Å². The Labute approximate surface area is 207 Å². The third kappa shape index (κ3) is 5.46. The smallest absolute Gasteiger partial charge is 0.340 e. The number of methoxy groups -OCH3 is 1. The standard InChI is InChI=1S/C26H27N3O3S2/c1-3-4-7-15-29(24-22(14-16-33-24)25(30)32-2)17-18-10-12-19(13-11-18)20-8-5-6-9-21(20)23-27-26(31)34-28-23/h5-6,8-14,16H,3-4,7,15,17H2,1-2H3,(H,27,28,31). The number of carbonyl (C=O) groups excluding carboxylic acids is 1. The van der Waals surface area contributed by atoms with E-state index in [-0.39, 0.29) is 10.8 Å². The molecule has 0 fully saturated rings. The maximum absolute atomic E-state index is 12.3. The molecule has 2 heterocycles. The normalized spacial score (nSPS) is 10.9. The number of hydrogen-bond acceptors (Lipinski definition) is 7. The molecule has 34 heavy (non-hydrogen) atoms. The minimum atomic E-state index is -0.302. The number of nitrogens with zero attached hydrogens (tertiary/aromatic N) is 2. The van der Waals surface area contributed by atoms with E-state index in [4.69, 9.17) is 4.74 Å². The molecule has 6 nitrogen and oxygen atoms in total. The Morgan fingerprint density at radius 2 is 1.82 bits per heavy atom. The van der Waals surface area contributed by atoms with Crippen LogP contribution in [0.3, 0.4) is 0 Å². The molecular weight excluding hydrogens is 466 g/mol. The van der Waals surface area contributed by atoms with Crippen molar-refractivity contribution < 1.29 is 9.53 Å². The highest BCUT2D eigenvalue weighted by Gasteiger charge is 2.19. The molecular formula is C26H27N3O3S2. The van der Waals surface area contributed by atoms with Crippen LogP contribution >= 0.6 is 22.9 Å². The Morgan fingerprint density at radius 3 is 2.50 bits per heavy atom. The van der Waals surface area contributed by atoms with Crippen LogP contribution in [-0.4, -0.2) is 29.0 Å². The van der Waals surface area contributed by atoms with Crippen molar-refractivity contribution in [2.75, 3.05) is 18.6 Å². The summed E-state index contributed by atoms with van der Waals surface area (Å²) in [6.07, 6.45) is 3.34. The summed E-state index contributed by atoms with van der Waals surface area (Å²) in [4.78, 5) is 28.8. The number of thiophene rings is 1. The Balaban J connectivity index is 1.59. The molecule has 8 heteroatoms. The summed E-state index contributed by atoms with van der Waals surface area (Å²) < 4.78 is 9.24. The molecule has 176 valence electrons. The summed E-state index contributed by atoms with van der Waals surface area (Å²) >= 11 is 2.50. The average molecular weight is 494 g/mol. The van der Waals surface area contributed by atoms with Gasteiger partial charge in [0.2, 0.25) is 0 Å². The lowest BCUT2D eigenvalue weighted by atomic mass is 9.98. The summed E-state index contributed by atoms with van der Waals surface area (Å²) in [6.45, 7) is 3.77. The van der Waals surface area contributed by atoms with Crippen molar-refractivity contribution in [1.29, 1.82) is 0 Å². The Bertz CT molecular complexity index is 1290. The van der Waals surface area contributed by atoms with Crippen LogP contribution in [-0.2, 0) is 11.3 Å². The molecule has 0 aliphatic heterocycles. The molecule has 0 unspecified atom stereocenters. The zero-order chi connectivity index (χ0) is 23.9. The molecule has 0 bridgehead atoms. The van der Waals surface area contributed by atoms with Gasteiger partial charge in [-0.25, -0.2) is 4.79 Å². The van der Waals surface area contributed by atoms with Gasteiger partial charge < -0.3 is 9.64 Å². The minimum Gasteiger partial charge on any atom is -0.465 e. The van der Waals surface area contributed by atoms with E-state index in [1.165, 1.54) is 7.11 Å². The Hall–Kier alpha value is -3.23. The number of aromatic nitrogens is 2. The fourth-order valence-corrected chi connectivity index (χ4v) is 5.29. The number of ether oxygens (including phenoxy) is 1.